The van der Waals surface area contributed by atoms with Crippen molar-refractivity contribution in [3.8, 4) is 11.1 Å². The smallest absolute Gasteiger partial charge is 0 e. The van der Waals surface area contributed by atoms with Crippen molar-refractivity contribution in [3.63, 3.8) is 0 Å². The maximum absolute atomic E-state index is 7.50. The van der Waals surface area contributed by atoms with Crippen molar-refractivity contribution in [1.29, 1.82) is 0 Å². The molecule has 50 heavy (non-hydrogen) atoms. The van der Waals surface area contributed by atoms with Gasteiger partial charge in [-0.3, -0.25) is 0 Å². The average Bonchev–Trinajstić information content (AvgIpc) is 3.53. The van der Waals surface area contributed by atoms with Crippen molar-refractivity contribution >= 4 is 42.6 Å². The third-order valence-electron chi connectivity index (χ3n) is 7.54. The van der Waals surface area contributed by atoms with Crippen LogP contribution in [-0.4, -0.2) is 0 Å². The number of fused-ring (bicyclic) bond motifs is 3. The van der Waals surface area contributed by atoms with Gasteiger partial charge in [-0.2, -0.15) is 0 Å². The topological polar surface area (TPSA) is 79.6 Å². The van der Waals surface area contributed by atoms with Gasteiger partial charge in [0.25, 0.3) is 0 Å². The van der Waals surface area contributed by atoms with E-state index < -0.39 is 15.8 Å². The van der Waals surface area contributed by atoms with E-state index in [1.54, 1.807) is 0 Å². The van der Waals surface area contributed by atoms with Gasteiger partial charge < -0.3 is 0 Å². The summed E-state index contributed by atoms with van der Waals surface area (Å²) in [6, 6.07) is 62.0. The number of hydrogen-bond donors (Lipinski definition) is 0. The molecule has 0 bridgehead atoms. The third-order valence-corrected chi connectivity index (χ3v) is 13.5. The Morgan fingerprint density at radius 1 is 0.400 bits per heavy atom. The molecule has 0 unspecified atom stereocenters. The van der Waals surface area contributed by atoms with Gasteiger partial charge >= 0.3 is 45.2 Å². The van der Waals surface area contributed by atoms with Crippen LogP contribution in [0.1, 0.15) is 11.1 Å². The van der Waals surface area contributed by atoms with Crippen LogP contribution in [0.15, 0.2) is 181 Å². The summed E-state index contributed by atoms with van der Waals surface area (Å²) in [7, 11) is -2.27. The Hall–Kier alpha value is -4.82. The summed E-state index contributed by atoms with van der Waals surface area (Å²) in [6.07, 6.45) is 0. The van der Waals surface area contributed by atoms with Crippen molar-refractivity contribution in [2.45, 2.75) is 0 Å². The van der Waals surface area contributed by atoms with Crippen LogP contribution in [0.2, 0.25) is 0 Å². The Labute approximate surface area is 306 Å². The van der Waals surface area contributed by atoms with Crippen LogP contribution in [0.25, 0.3) is 16.7 Å². The second-order valence-electron chi connectivity index (χ2n) is 10.1. The molecular weight excluding hydrogens is 698 g/mol. The van der Waals surface area contributed by atoms with Crippen molar-refractivity contribution in [3.05, 3.63) is 218 Å². The molecule has 0 N–H and O–H groups in total. The van der Waals surface area contributed by atoms with Gasteiger partial charge in [0.15, 0.2) is 5.06 Å². The van der Waals surface area contributed by atoms with E-state index >= 15 is 0 Å². The van der Waals surface area contributed by atoms with E-state index in [4.69, 9.17) is 18.6 Å². The molecule has 1 aliphatic rings. The van der Waals surface area contributed by atoms with E-state index in [9.17, 15) is 0 Å². The van der Waals surface area contributed by atoms with Gasteiger partial charge in [0, 0.05) is 30.6 Å². The maximum Gasteiger partial charge on any atom is 0 e. The van der Waals surface area contributed by atoms with Gasteiger partial charge in [-0.1, -0.05) is 151 Å². The predicted octanol–water partition coefficient (Wildman–Crippen LogP) is 8.38. The molecule has 0 aromatic heterocycles. The molecule has 7 heteroatoms. The Bertz CT molecular complexity index is 1830. The fraction of sp³-hybridized carbons (Fsp3) is 0. The first-order valence-corrected chi connectivity index (χ1v) is 17.6. The van der Waals surface area contributed by atoms with Gasteiger partial charge in [0.05, 0.1) is 0 Å². The quantitative estimate of drug-likeness (QED) is 0.0543. The Balaban J connectivity index is 0.000000902. The molecule has 0 fully saturated rings. The van der Waals surface area contributed by atoms with Crippen LogP contribution in [-0.2, 0) is 35.7 Å². The van der Waals surface area contributed by atoms with E-state index in [1.165, 1.54) is 54.1 Å². The summed E-state index contributed by atoms with van der Waals surface area (Å²) >= 11 is 0. The van der Waals surface area contributed by atoms with Crippen LogP contribution in [0.5, 0.6) is 0 Å². The first-order valence-electron chi connectivity index (χ1n) is 14.8. The number of hydrogen-bond acceptors (Lipinski definition) is 0. The summed E-state index contributed by atoms with van der Waals surface area (Å²) in [6.45, 7) is 18.0. The Morgan fingerprint density at radius 2 is 0.680 bits per heavy atom. The largest absolute Gasteiger partial charge is 0 e. The zero-order valence-corrected chi connectivity index (χ0v) is 29.6. The summed E-state index contributed by atoms with van der Waals surface area (Å²) in [5.74, 6) is 0. The SMILES string of the molecule is C(=C1c2ccccc2-c2ccccc21)=C(P(c1ccccc1)c1ccccc1)[PH+](c1ccccc1)c1ccccc1.[C-]#[O+].[C-]#[O+].[C-]#[O+].[C-]#[O+].[Fe]. The number of rotatable bonds is 6. The minimum Gasteiger partial charge on any atom is 0 e. The second-order valence-corrected chi connectivity index (χ2v) is 15.0. The van der Waals surface area contributed by atoms with Gasteiger partial charge in [0.2, 0.25) is 0 Å². The van der Waals surface area contributed by atoms with Gasteiger partial charge in [-0.05, 0) is 57.1 Å². The van der Waals surface area contributed by atoms with Crippen LogP contribution in [0.3, 0.4) is 0 Å². The molecule has 0 heterocycles. The monoisotopic (exact) mass is 727 g/mol. The molecular formula is C43H29FeO4P2+. The van der Waals surface area contributed by atoms with Gasteiger partial charge in [-0.25, -0.2) is 0 Å². The molecule has 6 aromatic carbocycles. The predicted molar refractivity (Wildman–Crippen MR) is 197 cm³/mol. The fourth-order valence-corrected chi connectivity index (χ4v) is 12.3. The van der Waals surface area contributed by atoms with E-state index in [1.807, 2.05) is 0 Å². The molecule has 0 aliphatic heterocycles. The average molecular weight is 727 g/mol. The fourth-order valence-electron chi connectivity index (χ4n) is 5.71. The zero-order chi connectivity index (χ0) is 35.4. The van der Waals surface area contributed by atoms with Crippen molar-refractivity contribution in [2.75, 3.05) is 0 Å². The summed E-state index contributed by atoms with van der Waals surface area (Å²) in [4.78, 5) is 0. The minimum absolute atomic E-state index is 0. The minimum atomic E-state index is -1.41. The molecule has 0 atom stereocenters. The second kappa shape index (κ2) is 22.7. The first-order chi connectivity index (χ1) is 24.4. The molecule has 0 radical (unpaired) electrons. The molecule has 0 spiro atoms. The third kappa shape index (κ3) is 9.66. The maximum atomic E-state index is 7.50. The van der Waals surface area contributed by atoms with Crippen LogP contribution >= 0.6 is 15.8 Å². The van der Waals surface area contributed by atoms with E-state index in [0.29, 0.717) is 0 Å². The Morgan fingerprint density at radius 3 is 1.02 bits per heavy atom. The van der Waals surface area contributed by atoms with Gasteiger partial charge in [-0.15, -0.1) is 0 Å². The van der Waals surface area contributed by atoms with Crippen molar-refractivity contribution in [2.24, 2.45) is 0 Å². The van der Waals surface area contributed by atoms with Crippen LogP contribution in [0.4, 0.5) is 0 Å². The molecule has 242 valence electrons. The van der Waals surface area contributed by atoms with Crippen molar-refractivity contribution < 1.29 is 35.7 Å². The normalized spacial score (nSPS) is 9.76. The zero-order valence-electron chi connectivity index (χ0n) is 26.6. The number of benzene rings is 6. The Kier molecular flexibility index (Phi) is 18.8. The van der Waals surface area contributed by atoms with E-state index in [2.05, 4.69) is 202 Å². The molecule has 4 nitrogen and oxygen atoms in total. The molecule has 0 amide bonds. The first kappa shape index (κ1) is 41.4. The summed E-state index contributed by atoms with van der Waals surface area (Å²) < 4.78 is 30.0. The molecule has 6 aromatic rings. The molecule has 0 saturated carbocycles. The molecule has 1 aliphatic carbocycles. The van der Waals surface area contributed by atoms with Gasteiger partial charge in [0.1, 0.15) is 18.5 Å². The van der Waals surface area contributed by atoms with Crippen LogP contribution in [0, 0.1) is 26.6 Å². The van der Waals surface area contributed by atoms with Crippen LogP contribution < -0.4 is 21.2 Å². The summed E-state index contributed by atoms with van der Waals surface area (Å²) in [5, 5.41) is 6.87. The standard InChI is InChI=1S/C39H28P2.4CO.Fe/c1-5-17-30(18-6-1)40(31-19-7-2-8-20-31)39(41(32-21-9-3-10-22-32)33-23-11-4-12-24-33)29-38-36-27-15-13-25-34(36)35-26-14-16-28-37(35)38;4*1-2;/h1-28H;;;;;/p+1. The molecule has 0 saturated heterocycles. The van der Waals surface area contributed by atoms with Crippen molar-refractivity contribution in [1.82, 2.24) is 0 Å². The molecule has 7 rings (SSSR count). The van der Waals surface area contributed by atoms with E-state index in [-0.39, 0.29) is 17.1 Å². The summed E-state index contributed by atoms with van der Waals surface area (Å²) in [5.41, 5.74) is 10.6. The van der Waals surface area contributed by atoms with E-state index in [0.717, 1.165) is 0 Å².